The number of carbonyl (C=O) groups excluding carboxylic acids is 3. The molecule has 288 valence electrons. The lowest BCUT2D eigenvalue weighted by molar-refractivity contribution is -0.117. The molecular weight excluding hydrogens is 744 g/mol. The van der Waals surface area contributed by atoms with Crippen LogP contribution in [0.5, 0.6) is 0 Å². The fourth-order valence-electron chi connectivity index (χ4n) is 4.90. The van der Waals surface area contributed by atoms with Gasteiger partial charge in [-0.2, -0.15) is 21.6 Å². The summed E-state index contributed by atoms with van der Waals surface area (Å²) < 4.78 is 65.7. The number of sulfonamides is 1. The predicted molar refractivity (Wildman–Crippen MR) is 204 cm³/mol. The Balaban J connectivity index is 0.000000396. The van der Waals surface area contributed by atoms with Crippen LogP contribution in [0.3, 0.4) is 0 Å². The minimum Gasteiger partial charge on any atom is -0.364 e. The summed E-state index contributed by atoms with van der Waals surface area (Å²) in [6.45, 7) is 12.7. The van der Waals surface area contributed by atoms with Crippen LogP contribution in [-0.2, 0) is 42.0 Å². The van der Waals surface area contributed by atoms with Gasteiger partial charge in [0.1, 0.15) is 18.5 Å². The molecule has 0 atom stereocenters. The number of alkyl halides is 5. The van der Waals surface area contributed by atoms with Gasteiger partial charge in [-0.15, -0.1) is 23.2 Å². The topological polar surface area (TPSA) is 125 Å². The quantitative estimate of drug-likeness (QED) is 0.141. The number of halogens is 5. The van der Waals surface area contributed by atoms with Gasteiger partial charge in [-0.3, -0.25) is 24.0 Å². The van der Waals surface area contributed by atoms with E-state index in [0.29, 0.717) is 11.1 Å². The molecule has 0 saturated heterocycles. The summed E-state index contributed by atoms with van der Waals surface area (Å²) in [6, 6.07) is 18.4. The van der Waals surface area contributed by atoms with Crippen molar-refractivity contribution in [3.05, 3.63) is 82.9 Å². The van der Waals surface area contributed by atoms with E-state index in [0.717, 1.165) is 41.4 Å². The maximum absolute atomic E-state index is 12.3. The summed E-state index contributed by atoms with van der Waals surface area (Å²) in [7, 11) is -3.92. The van der Waals surface area contributed by atoms with Crippen molar-refractivity contribution in [2.75, 3.05) is 45.4 Å². The number of amides is 3. The Morgan fingerprint density at radius 2 is 1.37 bits per heavy atom. The summed E-state index contributed by atoms with van der Waals surface area (Å²) >= 11 is 11.2. The standard InChI is InChI=1S/C14H20ClNO2.C11H14ClNO.C11H13F3N2O3S/c1-4-11-7-6-8-12(5-2)14(11)16(10-18-3)13(17)9-15;1-9(2)13(11(14)8-12)10-6-4-3-5-7-10;1-6-4-7(2)10(5-9(6)15-8(3)17)16-20(18,19)11(12,13)14/h6-8H,4-5,9-10H2,1-3H3;3-7,9H,8H2,1-2H3;4-5,16H,1-3H3,(H,15,17). The van der Waals surface area contributed by atoms with Gasteiger partial charge in [-0.1, -0.05) is 56.3 Å². The molecule has 0 aliphatic heterocycles. The van der Waals surface area contributed by atoms with Gasteiger partial charge in [0.25, 0.3) is 0 Å². The molecule has 3 rings (SSSR count). The van der Waals surface area contributed by atoms with Crippen molar-refractivity contribution in [2.45, 2.75) is 72.9 Å². The van der Waals surface area contributed by atoms with E-state index in [-0.39, 0.29) is 47.7 Å². The smallest absolute Gasteiger partial charge is 0.364 e. The lowest BCUT2D eigenvalue weighted by atomic mass is 10.0. The zero-order chi connectivity index (χ0) is 39.8. The Morgan fingerprint density at radius 1 is 0.846 bits per heavy atom. The predicted octanol–water partition coefficient (Wildman–Crippen LogP) is 8.18. The van der Waals surface area contributed by atoms with Gasteiger partial charge in [0.2, 0.25) is 17.7 Å². The number of aryl methyl sites for hydroxylation is 4. The molecule has 52 heavy (non-hydrogen) atoms. The van der Waals surface area contributed by atoms with Crippen LogP contribution >= 0.6 is 23.2 Å². The maximum Gasteiger partial charge on any atom is 0.516 e. The summed E-state index contributed by atoms with van der Waals surface area (Å²) in [5.41, 5.74) is -0.354. The first-order valence-corrected chi connectivity index (χ1v) is 18.7. The van der Waals surface area contributed by atoms with Gasteiger partial charge in [-0.05, 0) is 81.0 Å². The Bertz CT molecular complexity index is 1720. The summed E-state index contributed by atoms with van der Waals surface area (Å²) in [6.07, 6.45) is 1.75. The molecule has 2 N–H and O–H groups in total. The van der Waals surface area contributed by atoms with E-state index in [1.165, 1.54) is 24.6 Å². The molecule has 0 unspecified atom stereocenters. The highest BCUT2D eigenvalue weighted by atomic mass is 35.5. The van der Waals surface area contributed by atoms with E-state index >= 15 is 0 Å². The van der Waals surface area contributed by atoms with Crippen LogP contribution in [0.25, 0.3) is 0 Å². The fourth-order valence-corrected chi connectivity index (χ4v) is 5.79. The van der Waals surface area contributed by atoms with Gasteiger partial charge < -0.3 is 15.0 Å². The number of nitrogens with one attached hydrogen (secondary N) is 2. The monoisotopic (exact) mass is 790 g/mol. The van der Waals surface area contributed by atoms with Crippen molar-refractivity contribution < 1.29 is 40.7 Å². The molecule has 3 aromatic carbocycles. The van der Waals surface area contributed by atoms with Gasteiger partial charge in [0.05, 0.1) is 11.4 Å². The van der Waals surface area contributed by atoms with Crippen molar-refractivity contribution in [3.8, 4) is 0 Å². The second-order valence-corrected chi connectivity index (χ2v) is 13.8. The molecule has 0 bridgehead atoms. The summed E-state index contributed by atoms with van der Waals surface area (Å²) in [4.78, 5) is 37.8. The molecular formula is C36H47Cl2F3N4O6S. The Labute approximate surface area is 314 Å². The minimum absolute atomic E-state index is 0.0209. The number of carbonyl (C=O) groups is 3. The molecule has 10 nitrogen and oxygen atoms in total. The van der Waals surface area contributed by atoms with E-state index < -0.39 is 21.4 Å². The van der Waals surface area contributed by atoms with Gasteiger partial charge >= 0.3 is 15.5 Å². The van der Waals surface area contributed by atoms with E-state index in [2.05, 4.69) is 19.2 Å². The highest BCUT2D eigenvalue weighted by molar-refractivity contribution is 7.93. The second kappa shape index (κ2) is 21.6. The molecule has 0 heterocycles. The highest BCUT2D eigenvalue weighted by Crippen LogP contribution is 2.30. The molecule has 0 aliphatic rings. The average Bonchev–Trinajstić information content (AvgIpc) is 3.08. The first-order valence-electron chi connectivity index (χ1n) is 16.2. The Morgan fingerprint density at radius 3 is 1.79 bits per heavy atom. The van der Waals surface area contributed by atoms with Crippen molar-refractivity contribution in [1.82, 2.24) is 0 Å². The van der Waals surface area contributed by atoms with Crippen LogP contribution in [0.1, 0.15) is 56.9 Å². The van der Waals surface area contributed by atoms with Crippen LogP contribution in [0.2, 0.25) is 0 Å². The van der Waals surface area contributed by atoms with E-state index in [1.807, 2.05) is 62.4 Å². The number of hydrogen-bond acceptors (Lipinski definition) is 6. The van der Waals surface area contributed by atoms with Crippen molar-refractivity contribution in [1.29, 1.82) is 0 Å². The molecule has 0 aromatic heterocycles. The van der Waals surface area contributed by atoms with E-state index in [1.54, 1.807) is 23.8 Å². The Kier molecular flexibility index (Phi) is 19.2. The first kappa shape index (κ1) is 46.2. The third-order valence-electron chi connectivity index (χ3n) is 7.27. The first-order chi connectivity index (χ1) is 24.3. The van der Waals surface area contributed by atoms with Crippen LogP contribution in [0, 0.1) is 13.8 Å². The third kappa shape index (κ3) is 13.6. The number of anilines is 4. The average molecular weight is 792 g/mol. The Hall–Kier alpha value is -3.85. The van der Waals surface area contributed by atoms with Gasteiger partial charge in [0.15, 0.2) is 0 Å². The molecule has 3 amide bonds. The molecule has 0 spiro atoms. The number of methoxy groups -OCH3 is 1. The van der Waals surface area contributed by atoms with Crippen LogP contribution < -0.4 is 19.8 Å². The largest absolute Gasteiger partial charge is 0.516 e. The SMILES string of the molecule is CC(=O)Nc1cc(NS(=O)(=O)C(F)(F)F)c(C)cc1C.CC(C)N(C(=O)CCl)c1ccccc1.CCc1cccc(CC)c1N(COC)C(=O)CCl. The second-order valence-electron chi connectivity index (χ2n) is 11.5. The molecule has 0 aliphatic carbocycles. The number of ether oxygens (including phenoxy) is 1. The number of para-hydroxylation sites is 2. The normalized spacial score (nSPS) is 11.0. The highest BCUT2D eigenvalue weighted by Gasteiger charge is 2.46. The number of rotatable bonds is 12. The molecule has 0 radical (unpaired) electrons. The molecule has 0 saturated carbocycles. The third-order valence-corrected chi connectivity index (χ3v) is 8.83. The lowest BCUT2D eigenvalue weighted by Gasteiger charge is -2.26. The zero-order valence-electron chi connectivity index (χ0n) is 30.5. The van der Waals surface area contributed by atoms with E-state index in [9.17, 15) is 36.0 Å². The molecule has 16 heteroatoms. The number of benzene rings is 3. The molecule has 3 aromatic rings. The summed E-state index contributed by atoms with van der Waals surface area (Å²) in [5, 5.41) is 2.41. The maximum atomic E-state index is 12.3. The van der Waals surface area contributed by atoms with E-state index in [4.69, 9.17) is 27.9 Å². The summed E-state index contributed by atoms with van der Waals surface area (Å²) in [5.74, 6) is -0.624. The van der Waals surface area contributed by atoms with Gasteiger partial charge in [-0.25, -0.2) is 0 Å². The van der Waals surface area contributed by atoms with Crippen molar-refractivity contribution in [2.24, 2.45) is 0 Å². The van der Waals surface area contributed by atoms with Gasteiger partial charge in [0, 0.05) is 31.5 Å². The zero-order valence-corrected chi connectivity index (χ0v) is 32.9. The molecule has 0 fully saturated rings. The van der Waals surface area contributed by atoms with Crippen LogP contribution in [-0.4, -0.2) is 63.3 Å². The van der Waals surface area contributed by atoms with Crippen LogP contribution in [0.4, 0.5) is 35.9 Å². The number of nitrogens with zero attached hydrogens (tertiary/aromatic N) is 2. The van der Waals surface area contributed by atoms with Crippen molar-refractivity contribution >= 4 is 73.7 Å². The van der Waals surface area contributed by atoms with Crippen LogP contribution in [0.15, 0.2) is 60.7 Å². The fraction of sp³-hybridized carbons (Fsp3) is 0.417. The number of hydrogen-bond donors (Lipinski definition) is 2. The van der Waals surface area contributed by atoms with Crippen molar-refractivity contribution in [3.63, 3.8) is 0 Å². The minimum atomic E-state index is -5.49. The lowest BCUT2D eigenvalue weighted by Crippen LogP contribution is -2.37.